The van der Waals surface area contributed by atoms with Crippen LogP contribution in [-0.2, 0) is 10.0 Å². The molecule has 0 aliphatic carbocycles. The standard InChI is InChI=1S/C13H10BrClFNO3S/c1-20-9-3-4-11(16)12(7-9)17-21(18,19)13-5-2-8(14)6-10(13)15/h2-7,17H,1H3. The van der Waals surface area contributed by atoms with Gasteiger partial charge >= 0.3 is 0 Å². The Hall–Kier alpha value is -1.31. The van der Waals surface area contributed by atoms with Crippen LogP contribution in [0.4, 0.5) is 10.1 Å². The van der Waals surface area contributed by atoms with Crippen molar-refractivity contribution < 1.29 is 17.5 Å². The minimum atomic E-state index is -4.01. The minimum Gasteiger partial charge on any atom is -0.497 e. The van der Waals surface area contributed by atoms with Crippen molar-refractivity contribution in [2.24, 2.45) is 0 Å². The summed E-state index contributed by atoms with van der Waals surface area (Å²) in [6.07, 6.45) is 0. The van der Waals surface area contributed by atoms with Gasteiger partial charge in [-0.2, -0.15) is 0 Å². The Labute approximate surface area is 135 Å². The van der Waals surface area contributed by atoms with Crippen LogP contribution in [0.5, 0.6) is 5.75 Å². The summed E-state index contributed by atoms with van der Waals surface area (Å²) in [7, 11) is -2.61. The van der Waals surface area contributed by atoms with Gasteiger partial charge in [-0.1, -0.05) is 27.5 Å². The number of hydrogen-bond acceptors (Lipinski definition) is 3. The van der Waals surface area contributed by atoms with E-state index in [9.17, 15) is 12.8 Å². The molecule has 0 bridgehead atoms. The number of ether oxygens (including phenoxy) is 1. The molecule has 0 aromatic heterocycles. The highest BCUT2D eigenvalue weighted by atomic mass is 79.9. The predicted octanol–water partition coefficient (Wildman–Crippen LogP) is 4.05. The molecule has 1 N–H and O–H groups in total. The van der Waals surface area contributed by atoms with Gasteiger partial charge in [0.2, 0.25) is 0 Å². The Balaban J connectivity index is 2.42. The van der Waals surface area contributed by atoms with Crippen LogP contribution >= 0.6 is 27.5 Å². The lowest BCUT2D eigenvalue weighted by molar-refractivity contribution is 0.414. The summed E-state index contributed by atoms with van der Waals surface area (Å²) in [6, 6.07) is 8.05. The second kappa shape index (κ2) is 6.21. The molecule has 0 aliphatic rings. The first-order valence-electron chi connectivity index (χ1n) is 5.65. The van der Waals surface area contributed by atoms with E-state index in [2.05, 4.69) is 20.7 Å². The lowest BCUT2D eigenvalue weighted by Crippen LogP contribution is -2.14. The summed E-state index contributed by atoms with van der Waals surface area (Å²) < 4.78 is 46.0. The van der Waals surface area contributed by atoms with E-state index >= 15 is 0 Å². The van der Waals surface area contributed by atoms with Gasteiger partial charge in [0.05, 0.1) is 17.8 Å². The molecule has 0 saturated carbocycles. The Morgan fingerprint density at radius 1 is 1.24 bits per heavy atom. The monoisotopic (exact) mass is 393 g/mol. The molecule has 0 radical (unpaired) electrons. The van der Waals surface area contributed by atoms with Crippen molar-refractivity contribution in [3.8, 4) is 5.75 Å². The van der Waals surface area contributed by atoms with Gasteiger partial charge in [0.1, 0.15) is 16.5 Å². The van der Waals surface area contributed by atoms with E-state index in [1.165, 1.54) is 37.4 Å². The molecule has 0 amide bonds. The third-order valence-corrected chi connectivity index (χ3v) is 4.94. The van der Waals surface area contributed by atoms with Gasteiger partial charge in [0.15, 0.2) is 0 Å². The van der Waals surface area contributed by atoms with Crippen LogP contribution < -0.4 is 9.46 Å². The molecule has 4 nitrogen and oxygen atoms in total. The van der Waals surface area contributed by atoms with Gasteiger partial charge in [0.25, 0.3) is 10.0 Å². The number of halogens is 3. The smallest absolute Gasteiger partial charge is 0.263 e. The van der Waals surface area contributed by atoms with Crippen LogP contribution in [0.3, 0.4) is 0 Å². The van der Waals surface area contributed by atoms with Crippen LogP contribution in [0.25, 0.3) is 0 Å². The normalized spacial score (nSPS) is 11.2. The van der Waals surface area contributed by atoms with Gasteiger partial charge in [-0.15, -0.1) is 0 Å². The van der Waals surface area contributed by atoms with E-state index in [0.29, 0.717) is 10.2 Å². The number of hydrogen-bond donors (Lipinski definition) is 1. The van der Waals surface area contributed by atoms with Gasteiger partial charge < -0.3 is 4.74 Å². The fraction of sp³-hybridized carbons (Fsp3) is 0.0769. The van der Waals surface area contributed by atoms with E-state index in [-0.39, 0.29) is 15.6 Å². The summed E-state index contributed by atoms with van der Waals surface area (Å²) in [5, 5.41) is 0.0279. The Kier molecular flexibility index (Phi) is 4.75. The third kappa shape index (κ3) is 3.66. The Morgan fingerprint density at radius 2 is 1.95 bits per heavy atom. The van der Waals surface area contributed by atoms with Gasteiger partial charge in [-0.3, -0.25) is 4.72 Å². The van der Waals surface area contributed by atoms with E-state index < -0.39 is 15.8 Å². The van der Waals surface area contributed by atoms with Crippen molar-refractivity contribution >= 4 is 43.2 Å². The van der Waals surface area contributed by atoms with Crippen molar-refractivity contribution in [1.29, 1.82) is 0 Å². The first-order valence-corrected chi connectivity index (χ1v) is 8.30. The second-order valence-electron chi connectivity index (χ2n) is 4.03. The minimum absolute atomic E-state index is 0.0279. The van der Waals surface area contributed by atoms with Crippen LogP contribution in [0, 0.1) is 5.82 Å². The van der Waals surface area contributed by atoms with E-state index in [0.717, 1.165) is 6.07 Å². The molecule has 0 unspecified atom stereocenters. The summed E-state index contributed by atoms with van der Waals surface area (Å²) in [4.78, 5) is -0.144. The number of methoxy groups -OCH3 is 1. The first kappa shape index (κ1) is 16.1. The van der Waals surface area contributed by atoms with Crippen LogP contribution in [0.1, 0.15) is 0 Å². The zero-order chi connectivity index (χ0) is 15.6. The van der Waals surface area contributed by atoms with Crippen LogP contribution in [0.2, 0.25) is 5.02 Å². The fourth-order valence-electron chi connectivity index (χ4n) is 1.60. The third-order valence-electron chi connectivity index (χ3n) is 2.60. The molecule has 2 rings (SSSR count). The molecule has 2 aromatic rings. The number of anilines is 1. The maximum Gasteiger partial charge on any atom is 0.263 e. The number of nitrogens with one attached hydrogen (secondary N) is 1. The summed E-state index contributed by atoms with van der Waals surface area (Å²) in [5.74, 6) is -0.386. The molecule has 0 heterocycles. The SMILES string of the molecule is COc1ccc(F)c(NS(=O)(=O)c2ccc(Br)cc2Cl)c1. The largest absolute Gasteiger partial charge is 0.497 e. The second-order valence-corrected chi connectivity index (χ2v) is 7.00. The van der Waals surface area contributed by atoms with E-state index in [1.54, 1.807) is 0 Å². The zero-order valence-electron chi connectivity index (χ0n) is 10.7. The van der Waals surface area contributed by atoms with Crippen molar-refractivity contribution in [3.63, 3.8) is 0 Å². The van der Waals surface area contributed by atoms with Crippen molar-refractivity contribution in [1.82, 2.24) is 0 Å². The quantitative estimate of drug-likeness (QED) is 0.851. The molecule has 0 fully saturated rings. The maximum atomic E-state index is 13.7. The lowest BCUT2D eigenvalue weighted by Gasteiger charge is -2.11. The number of sulfonamides is 1. The average Bonchev–Trinajstić information content (AvgIpc) is 2.40. The molecule has 0 saturated heterocycles. The molecule has 8 heteroatoms. The lowest BCUT2D eigenvalue weighted by atomic mass is 10.3. The molecule has 0 atom stereocenters. The van der Waals surface area contributed by atoms with Crippen molar-refractivity contribution in [2.75, 3.05) is 11.8 Å². The van der Waals surface area contributed by atoms with Gasteiger partial charge in [-0.25, -0.2) is 12.8 Å². The highest BCUT2D eigenvalue weighted by molar-refractivity contribution is 9.10. The van der Waals surface area contributed by atoms with Crippen LogP contribution in [-0.4, -0.2) is 15.5 Å². The Bertz CT molecular complexity index is 783. The Morgan fingerprint density at radius 3 is 2.57 bits per heavy atom. The predicted molar refractivity (Wildman–Crippen MR) is 82.9 cm³/mol. The topological polar surface area (TPSA) is 55.4 Å². The summed E-state index contributed by atoms with van der Waals surface area (Å²) >= 11 is 9.10. The molecule has 2 aromatic carbocycles. The maximum absolute atomic E-state index is 13.7. The van der Waals surface area contributed by atoms with Crippen molar-refractivity contribution in [3.05, 3.63) is 51.7 Å². The molecular weight excluding hydrogens is 385 g/mol. The fourth-order valence-corrected chi connectivity index (χ4v) is 3.70. The number of benzene rings is 2. The van der Waals surface area contributed by atoms with Gasteiger partial charge in [-0.05, 0) is 30.3 Å². The molecule has 112 valence electrons. The summed E-state index contributed by atoms with van der Waals surface area (Å²) in [6.45, 7) is 0. The number of rotatable bonds is 4. The molecule has 0 spiro atoms. The van der Waals surface area contributed by atoms with Gasteiger partial charge in [0, 0.05) is 10.5 Å². The molecule has 0 aliphatic heterocycles. The van der Waals surface area contributed by atoms with E-state index in [1.807, 2.05) is 0 Å². The van der Waals surface area contributed by atoms with Crippen molar-refractivity contribution in [2.45, 2.75) is 4.90 Å². The average molecular weight is 395 g/mol. The highest BCUT2D eigenvalue weighted by Crippen LogP contribution is 2.28. The zero-order valence-corrected chi connectivity index (χ0v) is 13.9. The highest BCUT2D eigenvalue weighted by Gasteiger charge is 2.20. The molecular formula is C13H10BrClFNO3S. The molecule has 21 heavy (non-hydrogen) atoms. The summed E-state index contributed by atoms with van der Waals surface area (Å²) in [5.41, 5.74) is -0.215. The van der Waals surface area contributed by atoms with E-state index in [4.69, 9.17) is 16.3 Å². The van der Waals surface area contributed by atoms with Crippen LogP contribution in [0.15, 0.2) is 45.8 Å². The first-order chi connectivity index (χ1) is 9.83.